The summed E-state index contributed by atoms with van der Waals surface area (Å²) in [5, 5.41) is 14.6. The molecule has 0 bridgehead atoms. The van der Waals surface area contributed by atoms with Gasteiger partial charge in [-0.2, -0.15) is 13.2 Å². The molecule has 5 nitrogen and oxygen atoms in total. The second kappa shape index (κ2) is 8.43. The second-order valence-electron chi connectivity index (χ2n) is 5.49. The highest BCUT2D eigenvalue weighted by Crippen LogP contribution is 2.22. The Morgan fingerprint density at radius 3 is 2.76 bits per heavy atom. The molecule has 124 valence electrons. The van der Waals surface area contributed by atoms with Crippen molar-refractivity contribution in [1.82, 2.24) is 15.5 Å². The van der Waals surface area contributed by atoms with Crippen molar-refractivity contribution in [1.29, 1.82) is 0 Å². The van der Waals surface area contributed by atoms with E-state index >= 15 is 0 Å². The standard InChI is InChI=1S/C13H24F3N3O2/c1-2-11(20)3-5-17-12(21)18-7-10-4-6-19(8-10)9-13(14,15)16/h10-11,20H,2-9H2,1H3,(H2,17,18,21). The number of urea groups is 1. The highest BCUT2D eigenvalue weighted by molar-refractivity contribution is 5.73. The van der Waals surface area contributed by atoms with E-state index in [9.17, 15) is 23.1 Å². The lowest BCUT2D eigenvalue weighted by Crippen LogP contribution is -2.40. The third kappa shape index (κ3) is 8.11. The number of alkyl halides is 3. The van der Waals surface area contributed by atoms with Crippen LogP contribution in [0.2, 0.25) is 0 Å². The van der Waals surface area contributed by atoms with E-state index in [1.807, 2.05) is 6.92 Å². The minimum Gasteiger partial charge on any atom is -0.393 e. The molecule has 0 radical (unpaired) electrons. The third-order valence-corrected chi connectivity index (χ3v) is 3.56. The molecule has 1 saturated heterocycles. The number of hydrogen-bond acceptors (Lipinski definition) is 3. The van der Waals surface area contributed by atoms with Gasteiger partial charge in [0.05, 0.1) is 12.6 Å². The number of hydrogen-bond donors (Lipinski definition) is 3. The Kier molecular flexibility index (Phi) is 7.24. The van der Waals surface area contributed by atoms with Crippen LogP contribution in [-0.4, -0.2) is 61.0 Å². The molecular weight excluding hydrogens is 287 g/mol. The summed E-state index contributed by atoms with van der Waals surface area (Å²) in [6.45, 7) is 2.49. The monoisotopic (exact) mass is 311 g/mol. The fourth-order valence-corrected chi connectivity index (χ4v) is 2.33. The van der Waals surface area contributed by atoms with E-state index in [0.29, 0.717) is 45.4 Å². The van der Waals surface area contributed by atoms with E-state index < -0.39 is 18.8 Å². The van der Waals surface area contributed by atoms with Crippen LogP contribution in [0.15, 0.2) is 0 Å². The van der Waals surface area contributed by atoms with Crippen LogP contribution in [-0.2, 0) is 0 Å². The van der Waals surface area contributed by atoms with Crippen LogP contribution in [0, 0.1) is 5.92 Å². The molecule has 0 aliphatic carbocycles. The maximum absolute atomic E-state index is 12.2. The van der Waals surface area contributed by atoms with Gasteiger partial charge in [-0.25, -0.2) is 4.79 Å². The summed E-state index contributed by atoms with van der Waals surface area (Å²) in [6.07, 6.45) is -2.80. The number of nitrogens with zero attached hydrogens (tertiary/aromatic N) is 1. The smallest absolute Gasteiger partial charge is 0.393 e. The minimum absolute atomic E-state index is 0.0549. The lowest BCUT2D eigenvalue weighted by Gasteiger charge is -2.18. The molecule has 1 aliphatic rings. The number of carbonyl (C=O) groups is 1. The average Bonchev–Trinajstić information content (AvgIpc) is 2.81. The Morgan fingerprint density at radius 2 is 2.14 bits per heavy atom. The fourth-order valence-electron chi connectivity index (χ4n) is 2.33. The van der Waals surface area contributed by atoms with Crippen molar-refractivity contribution in [2.75, 3.05) is 32.7 Å². The van der Waals surface area contributed by atoms with Gasteiger partial charge in [0, 0.05) is 19.6 Å². The van der Waals surface area contributed by atoms with Gasteiger partial charge in [0.25, 0.3) is 0 Å². The summed E-state index contributed by atoms with van der Waals surface area (Å²) >= 11 is 0. The molecule has 8 heteroatoms. The SMILES string of the molecule is CCC(O)CCNC(=O)NCC1CCN(CC(F)(F)F)C1. The van der Waals surface area contributed by atoms with Crippen LogP contribution in [0.25, 0.3) is 0 Å². The first kappa shape index (κ1) is 18.0. The lowest BCUT2D eigenvalue weighted by molar-refractivity contribution is -0.143. The van der Waals surface area contributed by atoms with E-state index in [1.165, 1.54) is 4.90 Å². The maximum Gasteiger partial charge on any atom is 0.401 e. The molecule has 21 heavy (non-hydrogen) atoms. The van der Waals surface area contributed by atoms with Crippen LogP contribution in [0.4, 0.5) is 18.0 Å². The van der Waals surface area contributed by atoms with Crippen molar-refractivity contribution >= 4 is 6.03 Å². The summed E-state index contributed by atoms with van der Waals surface area (Å²) in [5.41, 5.74) is 0. The number of carbonyl (C=O) groups excluding carboxylic acids is 1. The van der Waals surface area contributed by atoms with Crippen molar-refractivity contribution in [2.24, 2.45) is 5.92 Å². The largest absolute Gasteiger partial charge is 0.401 e. The van der Waals surface area contributed by atoms with Gasteiger partial charge in [-0.05, 0) is 31.7 Å². The molecule has 1 fully saturated rings. The Morgan fingerprint density at radius 1 is 1.43 bits per heavy atom. The topological polar surface area (TPSA) is 64.6 Å². The number of aliphatic hydroxyl groups excluding tert-OH is 1. The van der Waals surface area contributed by atoms with E-state index in [4.69, 9.17) is 0 Å². The number of rotatable bonds is 7. The van der Waals surface area contributed by atoms with Gasteiger partial charge >= 0.3 is 12.2 Å². The molecule has 2 amide bonds. The van der Waals surface area contributed by atoms with Crippen molar-refractivity contribution in [2.45, 2.75) is 38.5 Å². The molecule has 0 spiro atoms. The summed E-state index contributed by atoms with van der Waals surface area (Å²) < 4.78 is 36.7. The van der Waals surface area contributed by atoms with Gasteiger partial charge in [-0.15, -0.1) is 0 Å². The van der Waals surface area contributed by atoms with Crippen LogP contribution >= 0.6 is 0 Å². The third-order valence-electron chi connectivity index (χ3n) is 3.56. The van der Waals surface area contributed by atoms with Gasteiger partial charge in [-0.3, -0.25) is 4.90 Å². The van der Waals surface area contributed by atoms with Gasteiger partial charge in [0.1, 0.15) is 0 Å². The zero-order chi connectivity index (χ0) is 15.9. The summed E-state index contributed by atoms with van der Waals surface area (Å²) in [4.78, 5) is 12.8. The molecule has 0 aromatic heterocycles. The van der Waals surface area contributed by atoms with Crippen LogP contribution < -0.4 is 10.6 Å². The maximum atomic E-state index is 12.2. The molecule has 2 atom stereocenters. The van der Waals surface area contributed by atoms with Gasteiger partial charge in [-0.1, -0.05) is 6.92 Å². The zero-order valence-electron chi connectivity index (χ0n) is 12.2. The van der Waals surface area contributed by atoms with E-state index in [0.717, 1.165) is 0 Å². The Bertz CT molecular complexity index is 326. The number of amides is 2. The Labute approximate surface area is 122 Å². The highest BCUT2D eigenvalue weighted by Gasteiger charge is 2.34. The van der Waals surface area contributed by atoms with Gasteiger partial charge in [0.15, 0.2) is 0 Å². The summed E-state index contributed by atoms with van der Waals surface area (Å²) in [5.74, 6) is 0.0549. The average molecular weight is 311 g/mol. The number of nitrogens with one attached hydrogen (secondary N) is 2. The van der Waals surface area contributed by atoms with Gasteiger partial charge < -0.3 is 15.7 Å². The van der Waals surface area contributed by atoms with Crippen molar-refractivity contribution in [3.8, 4) is 0 Å². The summed E-state index contributed by atoms with van der Waals surface area (Å²) in [7, 11) is 0. The lowest BCUT2D eigenvalue weighted by atomic mass is 10.1. The van der Waals surface area contributed by atoms with E-state index in [-0.39, 0.29) is 11.9 Å². The van der Waals surface area contributed by atoms with Crippen molar-refractivity contribution in [3.63, 3.8) is 0 Å². The molecule has 1 heterocycles. The normalized spacial score (nSPS) is 21.3. The second-order valence-corrected chi connectivity index (χ2v) is 5.49. The van der Waals surface area contributed by atoms with Crippen LogP contribution in [0.1, 0.15) is 26.2 Å². The quantitative estimate of drug-likeness (QED) is 0.665. The predicted molar refractivity (Wildman–Crippen MR) is 72.9 cm³/mol. The number of likely N-dealkylation sites (tertiary alicyclic amines) is 1. The van der Waals surface area contributed by atoms with Crippen LogP contribution in [0.5, 0.6) is 0 Å². The molecule has 2 unspecified atom stereocenters. The minimum atomic E-state index is -4.17. The molecule has 0 aromatic rings. The summed E-state index contributed by atoms with van der Waals surface area (Å²) in [6, 6.07) is -0.340. The highest BCUT2D eigenvalue weighted by atomic mass is 19.4. The molecular formula is C13H24F3N3O2. The predicted octanol–water partition coefficient (Wildman–Crippen LogP) is 1.33. The fraction of sp³-hybridized carbons (Fsp3) is 0.923. The first-order valence-corrected chi connectivity index (χ1v) is 7.29. The Balaban J connectivity index is 2.11. The van der Waals surface area contributed by atoms with Gasteiger partial charge in [0.2, 0.25) is 0 Å². The first-order valence-electron chi connectivity index (χ1n) is 7.29. The molecule has 1 rings (SSSR count). The van der Waals surface area contributed by atoms with E-state index in [2.05, 4.69) is 10.6 Å². The van der Waals surface area contributed by atoms with E-state index in [1.54, 1.807) is 0 Å². The number of halogens is 3. The van der Waals surface area contributed by atoms with Crippen LogP contribution in [0.3, 0.4) is 0 Å². The Hall–Kier alpha value is -1.02. The van der Waals surface area contributed by atoms with Crippen molar-refractivity contribution < 1.29 is 23.1 Å². The molecule has 1 aliphatic heterocycles. The zero-order valence-corrected chi connectivity index (χ0v) is 12.2. The first-order chi connectivity index (χ1) is 9.80. The van der Waals surface area contributed by atoms with Crippen molar-refractivity contribution in [3.05, 3.63) is 0 Å². The molecule has 3 N–H and O–H groups in total. The number of aliphatic hydroxyl groups is 1. The molecule has 0 saturated carbocycles. The molecule has 0 aromatic carbocycles.